The van der Waals surface area contributed by atoms with Crippen molar-refractivity contribution in [2.45, 2.75) is 6.92 Å². The number of H-pyrrole nitrogens is 1. The first-order chi connectivity index (χ1) is 8.22. The van der Waals surface area contributed by atoms with Crippen LogP contribution in [0.25, 0.3) is 0 Å². The highest BCUT2D eigenvalue weighted by Gasteiger charge is 2.17. The molecule has 1 aromatic heterocycles. The van der Waals surface area contributed by atoms with Gasteiger partial charge in [0.05, 0.1) is 0 Å². The molecular weight excluding hydrogens is 218 g/mol. The number of nitrogens with one attached hydrogen (secondary N) is 1. The zero-order chi connectivity index (χ0) is 12.3. The Morgan fingerprint density at radius 2 is 2.29 bits per heavy atom. The number of carbonyl (C=O) groups is 1. The van der Waals surface area contributed by atoms with Gasteiger partial charge in [-0.05, 0) is 25.1 Å². The fourth-order valence-electron chi connectivity index (χ4n) is 1.62. The van der Waals surface area contributed by atoms with Gasteiger partial charge in [-0.3, -0.25) is 9.89 Å². The van der Waals surface area contributed by atoms with Gasteiger partial charge < -0.3 is 10.0 Å². The Morgan fingerprint density at radius 1 is 1.47 bits per heavy atom. The highest BCUT2D eigenvalue weighted by atomic mass is 16.3. The van der Waals surface area contributed by atoms with E-state index in [1.165, 1.54) is 6.20 Å². The van der Waals surface area contributed by atoms with Gasteiger partial charge in [-0.25, -0.2) is 0 Å². The molecule has 0 saturated heterocycles. The second-order valence-corrected chi connectivity index (χ2v) is 3.54. The summed E-state index contributed by atoms with van der Waals surface area (Å²) in [6.45, 7) is 2.39. The number of hydrogen-bond donors (Lipinski definition) is 2. The van der Waals surface area contributed by atoms with Gasteiger partial charge in [-0.1, -0.05) is 6.07 Å². The van der Waals surface area contributed by atoms with E-state index in [2.05, 4.69) is 10.2 Å². The predicted molar refractivity (Wildman–Crippen MR) is 64.0 cm³/mol. The monoisotopic (exact) mass is 231 g/mol. The first kappa shape index (κ1) is 11.2. The Kier molecular flexibility index (Phi) is 3.09. The van der Waals surface area contributed by atoms with Crippen LogP contribution in [0.4, 0.5) is 5.69 Å². The molecule has 5 nitrogen and oxygen atoms in total. The van der Waals surface area contributed by atoms with Gasteiger partial charge in [0.15, 0.2) is 0 Å². The smallest absolute Gasteiger partial charge is 0.276 e. The molecule has 5 heteroatoms. The van der Waals surface area contributed by atoms with E-state index >= 15 is 0 Å². The molecule has 0 aliphatic heterocycles. The zero-order valence-electron chi connectivity index (χ0n) is 9.42. The van der Waals surface area contributed by atoms with Crippen molar-refractivity contribution >= 4 is 11.6 Å². The third-order valence-corrected chi connectivity index (χ3v) is 2.43. The molecule has 2 aromatic rings. The van der Waals surface area contributed by atoms with Crippen LogP contribution < -0.4 is 4.90 Å². The van der Waals surface area contributed by atoms with E-state index < -0.39 is 0 Å². The van der Waals surface area contributed by atoms with Crippen molar-refractivity contribution in [2.75, 3.05) is 11.4 Å². The SMILES string of the molecule is CCN(C(=O)c1ccn[nH]1)c1cccc(O)c1. The van der Waals surface area contributed by atoms with E-state index in [-0.39, 0.29) is 11.7 Å². The number of hydrogen-bond acceptors (Lipinski definition) is 3. The highest BCUT2D eigenvalue weighted by molar-refractivity contribution is 6.04. The summed E-state index contributed by atoms with van der Waals surface area (Å²) in [7, 11) is 0. The summed E-state index contributed by atoms with van der Waals surface area (Å²) in [5.74, 6) is -0.0334. The molecule has 0 fully saturated rings. The molecule has 0 aliphatic rings. The van der Waals surface area contributed by atoms with Gasteiger partial charge in [-0.2, -0.15) is 5.10 Å². The van der Waals surface area contributed by atoms with Crippen LogP contribution in [0.15, 0.2) is 36.5 Å². The molecule has 0 bridgehead atoms. The second kappa shape index (κ2) is 4.69. The van der Waals surface area contributed by atoms with Gasteiger partial charge in [0.1, 0.15) is 11.4 Å². The number of aromatic amines is 1. The number of phenolic OH excluding ortho intramolecular Hbond substituents is 1. The number of anilines is 1. The number of aromatic nitrogens is 2. The van der Waals surface area contributed by atoms with Crippen molar-refractivity contribution in [3.63, 3.8) is 0 Å². The van der Waals surface area contributed by atoms with Crippen LogP contribution in [-0.2, 0) is 0 Å². The molecule has 88 valence electrons. The maximum absolute atomic E-state index is 12.1. The lowest BCUT2D eigenvalue weighted by molar-refractivity contribution is 0.0983. The van der Waals surface area contributed by atoms with Gasteiger partial charge in [0.2, 0.25) is 0 Å². The van der Waals surface area contributed by atoms with Gasteiger partial charge in [0, 0.05) is 24.5 Å². The van der Waals surface area contributed by atoms with Gasteiger partial charge in [0.25, 0.3) is 5.91 Å². The van der Waals surface area contributed by atoms with Crippen LogP contribution in [0.1, 0.15) is 17.4 Å². The molecule has 0 atom stereocenters. The van der Waals surface area contributed by atoms with Crippen LogP contribution in [0.2, 0.25) is 0 Å². The van der Waals surface area contributed by atoms with Crippen molar-refractivity contribution < 1.29 is 9.90 Å². The lowest BCUT2D eigenvalue weighted by atomic mass is 10.2. The van der Waals surface area contributed by atoms with Gasteiger partial charge in [-0.15, -0.1) is 0 Å². The molecule has 0 spiro atoms. The molecule has 1 amide bonds. The predicted octanol–water partition coefficient (Wildman–Crippen LogP) is 1.78. The average Bonchev–Trinajstić information content (AvgIpc) is 2.83. The van der Waals surface area contributed by atoms with Crippen molar-refractivity contribution in [3.8, 4) is 5.75 Å². The summed E-state index contributed by atoms with van der Waals surface area (Å²) in [5, 5.41) is 15.8. The Morgan fingerprint density at radius 3 is 2.88 bits per heavy atom. The van der Waals surface area contributed by atoms with Gasteiger partial charge >= 0.3 is 0 Å². The topological polar surface area (TPSA) is 69.2 Å². The van der Waals surface area contributed by atoms with Crippen LogP contribution in [0.3, 0.4) is 0 Å². The minimum Gasteiger partial charge on any atom is -0.508 e. The fourth-order valence-corrected chi connectivity index (χ4v) is 1.62. The third kappa shape index (κ3) is 2.28. The molecule has 0 unspecified atom stereocenters. The summed E-state index contributed by atoms with van der Waals surface area (Å²) in [6.07, 6.45) is 1.53. The lowest BCUT2D eigenvalue weighted by Gasteiger charge is -2.20. The first-order valence-corrected chi connectivity index (χ1v) is 5.32. The molecule has 0 radical (unpaired) electrons. The summed E-state index contributed by atoms with van der Waals surface area (Å²) in [6, 6.07) is 8.22. The number of rotatable bonds is 3. The zero-order valence-corrected chi connectivity index (χ0v) is 9.42. The fraction of sp³-hybridized carbons (Fsp3) is 0.167. The summed E-state index contributed by atoms with van der Waals surface area (Å²) in [4.78, 5) is 13.7. The lowest BCUT2D eigenvalue weighted by Crippen LogP contribution is -2.30. The van der Waals surface area contributed by atoms with E-state index in [1.807, 2.05) is 6.92 Å². The highest BCUT2D eigenvalue weighted by Crippen LogP contribution is 2.21. The average molecular weight is 231 g/mol. The van der Waals surface area contributed by atoms with E-state index in [0.29, 0.717) is 17.9 Å². The Hall–Kier alpha value is -2.30. The molecule has 1 heterocycles. The van der Waals surface area contributed by atoms with Crippen LogP contribution in [0, 0.1) is 0 Å². The Balaban J connectivity index is 2.31. The minimum atomic E-state index is -0.171. The molecule has 0 aliphatic carbocycles. The molecule has 17 heavy (non-hydrogen) atoms. The summed E-state index contributed by atoms with van der Waals surface area (Å²) < 4.78 is 0. The van der Waals surface area contributed by atoms with Crippen molar-refractivity contribution in [1.29, 1.82) is 0 Å². The van der Waals surface area contributed by atoms with Crippen molar-refractivity contribution in [2.24, 2.45) is 0 Å². The van der Waals surface area contributed by atoms with Crippen LogP contribution in [0.5, 0.6) is 5.75 Å². The standard InChI is InChI=1S/C12H13N3O2/c1-2-15(9-4-3-5-10(16)8-9)12(17)11-6-7-13-14-11/h3-8,16H,2H2,1H3,(H,13,14). The normalized spacial score (nSPS) is 10.2. The Labute approximate surface area is 98.7 Å². The number of nitrogens with zero attached hydrogens (tertiary/aromatic N) is 2. The molecule has 2 N–H and O–H groups in total. The second-order valence-electron chi connectivity index (χ2n) is 3.54. The molecule has 1 aromatic carbocycles. The minimum absolute atomic E-state index is 0.137. The van der Waals surface area contributed by atoms with E-state index in [1.54, 1.807) is 35.2 Å². The molecular formula is C12H13N3O2. The number of carbonyl (C=O) groups excluding carboxylic acids is 1. The maximum Gasteiger partial charge on any atom is 0.276 e. The molecule has 2 rings (SSSR count). The maximum atomic E-state index is 12.1. The van der Waals surface area contributed by atoms with Crippen LogP contribution in [-0.4, -0.2) is 27.8 Å². The number of amides is 1. The largest absolute Gasteiger partial charge is 0.508 e. The number of phenols is 1. The van der Waals surface area contributed by atoms with E-state index in [9.17, 15) is 9.90 Å². The van der Waals surface area contributed by atoms with Crippen LogP contribution >= 0.6 is 0 Å². The van der Waals surface area contributed by atoms with Crippen molar-refractivity contribution in [1.82, 2.24) is 10.2 Å². The quantitative estimate of drug-likeness (QED) is 0.846. The van der Waals surface area contributed by atoms with E-state index in [0.717, 1.165) is 0 Å². The number of aromatic hydroxyl groups is 1. The summed E-state index contributed by atoms with van der Waals surface area (Å²) in [5.41, 5.74) is 1.09. The Bertz CT molecular complexity index is 508. The van der Waals surface area contributed by atoms with E-state index in [4.69, 9.17) is 0 Å². The summed E-state index contributed by atoms with van der Waals surface area (Å²) >= 11 is 0. The number of benzene rings is 1. The van der Waals surface area contributed by atoms with Crippen molar-refractivity contribution in [3.05, 3.63) is 42.2 Å². The molecule has 0 saturated carbocycles. The third-order valence-electron chi connectivity index (χ3n) is 2.43. The first-order valence-electron chi connectivity index (χ1n) is 5.32.